The lowest BCUT2D eigenvalue weighted by atomic mass is 9.89. The van der Waals surface area contributed by atoms with E-state index in [9.17, 15) is 5.26 Å². The molecular weight excluding hydrogens is 667 g/mol. The minimum absolute atomic E-state index is 0.643. The van der Waals surface area contributed by atoms with E-state index in [0.29, 0.717) is 11.5 Å². The first-order valence-electron chi connectivity index (χ1n) is 19.3. The second kappa shape index (κ2) is 14.3. The zero-order chi connectivity index (χ0) is 37.5. The maximum atomic E-state index is 10.0. The van der Waals surface area contributed by atoms with E-state index in [0.717, 1.165) is 73.2 Å². The molecule has 0 aliphatic heterocycles. The van der Waals surface area contributed by atoms with E-state index in [1.807, 2.05) is 18.2 Å². The fraction of sp³-hybridized carbons (Fsp3) is 0.113. The van der Waals surface area contributed by atoms with Crippen LogP contribution in [0.4, 0.5) is 0 Å². The number of nitrogens with zero attached hydrogens (tertiary/aromatic N) is 1. The average molecular weight is 708 g/mol. The fourth-order valence-corrected chi connectivity index (χ4v) is 8.22. The molecule has 1 heterocycles. The smallest absolute Gasteiger partial charge is 0.142 e. The molecule has 1 fully saturated rings. The van der Waals surface area contributed by atoms with Gasteiger partial charge in [-0.3, -0.25) is 0 Å². The summed E-state index contributed by atoms with van der Waals surface area (Å²) in [5.41, 5.74) is 19.1. The van der Waals surface area contributed by atoms with Crippen molar-refractivity contribution in [1.29, 1.82) is 5.26 Å². The highest BCUT2D eigenvalue weighted by molar-refractivity contribution is 5.98. The zero-order valence-corrected chi connectivity index (χ0v) is 31.3. The van der Waals surface area contributed by atoms with Gasteiger partial charge in [0.2, 0.25) is 0 Å². The third kappa shape index (κ3) is 6.39. The van der Waals surface area contributed by atoms with Gasteiger partial charge in [-0.25, -0.2) is 0 Å². The Bertz CT molecular complexity index is 2770. The molecule has 1 saturated carbocycles. The highest BCUT2D eigenvalue weighted by Crippen LogP contribution is 2.46. The van der Waals surface area contributed by atoms with Gasteiger partial charge in [0.05, 0.1) is 11.6 Å². The Labute approximate surface area is 323 Å². The van der Waals surface area contributed by atoms with Crippen molar-refractivity contribution in [1.82, 2.24) is 0 Å². The number of aryl methyl sites for hydroxylation is 1. The molecule has 1 aliphatic rings. The van der Waals surface area contributed by atoms with Crippen LogP contribution in [0.15, 0.2) is 163 Å². The molecule has 9 rings (SSSR count). The molecule has 7 aromatic carbocycles. The largest absolute Gasteiger partial charge is 0.460 e. The molecule has 0 unspecified atom stereocenters. The molecular formula is C53H41NO. The van der Waals surface area contributed by atoms with Crippen molar-refractivity contribution < 1.29 is 4.42 Å². The second-order valence-electron chi connectivity index (χ2n) is 14.7. The van der Waals surface area contributed by atoms with Gasteiger partial charge in [-0.2, -0.15) is 5.26 Å². The van der Waals surface area contributed by atoms with E-state index in [2.05, 4.69) is 166 Å². The van der Waals surface area contributed by atoms with Crippen LogP contribution in [0.5, 0.6) is 0 Å². The van der Waals surface area contributed by atoms with Crippen molar-refractivity contribution in [2.24, 2.45) is 0 Å². The van der Waals surface area contributed by atoms with Crippen LogP contribution < -0.4 is 0 Å². The van der Waals surface area contributed by atoms with Crippen molar-refractivity contribution >= 4 is 17.0 Å². The minimum Gasteiger partial charge on any atom is -0.460 e. The van der Waals surface area contributed by atoms with Crippen LogP contribution in [0.3, 0.4) is 0 Å². The lowest BCUT2D eigenvalue weighted by Crippen LogP contribution is -1.92. The van der Waals surface area contributed by atoms with Gasteiger partial charge >= 0.3 is 0 Å². The zero-order valence-electron chi connectivity index (χ0n) is 31.3. The standard InChI is InChI=1S/C53H41NO/c1-4-45-51-18-10-17-49(53(51)55-52(45)5-2)42-12-8-11-41(31-42)36-19-21-37(22-20-36)43-29-35(33-54)30-44(32-43)38-23-25-39(26-24-38)46-15-9-16-47(34(46)3)50-14-7-6-13-48(50)40-27-28-40/h4,6-26,29-32,40H,1,5,27-28H2,2-3H3. The maximum Gasteiger partial charge on any atom is 0.142 e. The van der Waals surface area contributed by atoms with Crippen LogP contribution in [0.2, 0.25) is 0 Å². The summed E-state index contributed by atoms with van der Waals surface area (Å²) in [6.45, 7) is 8.39. The number of rotatable bonds is 9. The van der Waals surface area contributed by atoms with Crippen LogP contribution in [-0.2, 0) is 6.42 Å². The van der Waals surface area contributed by atoms with E-state index in [-0.39, 0.29) is 0 Å². The molecule has 55 heavy (non-hydrogen) atoms. The molecule has 2 heteroatoms. The topological polar surface area (TPSA) is 36.9 Å². The first kappa shape index (κ1) is 34.1. The molecule has 0 amide bonds. The SMILES string of the molecule is C=Cc1c(CC)oc2c(-c3cccc(-c4ccc(-c5cc(C#N)cc(-c6ccc(-c7cccc(-c8ccccc8C8CC8)c7C)cc6)c5)cc4)c3)cccc12. The molecule has 0 atom stereocenters. The van der Waals surface area contributed by atoms with Gasteiger partial charge in [0.15, 0.2) is 0 Å². The lowest BCUT2D eigenvalue weighted by Gasteiger charge is -2.15. The summed E-state index contributed by atoms with van der Waals surface area (Å²) in [5, 5.41) is 11.1. The molecule has 0 spiro atoms. The minimum atomic E-state index is 0.643. The van der Waals surface area contributed by atoms with E-state index < -0.39 is 0 Å². The van der Waals surface area contributed by atoms with Gasteiger partial charge in [0.25, 0.3) is 0 Å². The second-order valence-corrected chi connectivity index (χ2v) is 14.7. The molecule has 1 aliphatic carbocycles. The van der Waals surface area contributed by atoms with E-state index >= 15 is 0 Å². The number of hydrogen-bond donors (Lipinski definition) is 0. The van der Waals surface area contributed by atoms with Gasteiger partial charge in [0.1, 0.15) is 11.3 Å². The Morgan fingerprint density at radius 2 is 1.16 bits per heavy atom. The number of fused-ring (bicyclic) bond motifs is 1. The van der Waals surface area contributed by atoms with E-state index in [4.69, 9.17) is 4.42 Å². The Morgan fingerprint density at radius 1 is 0.600 bits per heavy atom. The van der Waals surface area contributed by atoms with Crippen molar-refractivity contribution in [2.45, 2.75) is 39.0 Å². The predicted octanol–water partition coefficient (Wildman–Crippen LogP) is 14.7. The normalized spacial score (nSPS) is 12.5. The summed E-state index contributed by atoms with van der Waals surface area (Å²) >= 11 is 0. The first-order chi connectivity index (χ1) is 27.0. The first-order valence-corrected chi connectivity index (χ1v) is 19.3. The summed E-state index contributed by atoms with van der Waals surface area (Å²) in [6, 6.07) is 56.5. The third-order valence-corrected chi connectivity index (χ3v) is 11.3. The Balaban J connectivity index is 0.995. The monoisotopic (exact) mass is 707 g/mol. The van der Waals surface area contributed by atoms with Gasteiger partial charge in [-0.15, -0.1) is 0 Å². The van der Waals surface area contributed by atoms with Crippen molar-refractivity contribution in [2.75, 3.05) is 0 Å². The highest BCUT2D eigenvalue weighted by Gasteiger charge is 2.26. The fourth-order valence-electron chi connectivity index (χ4n) is 8.22. The summed E-state index contributed by atoms with van der Waals surface area (Å²) in [6.07, 6.45) is 5.29. The van der Waals surface area contributed by atoms with Crippen LogP contribution in [0.1, 0.15) is 53.7 Å². The number of para-hydroxylation sites is 1. The summed E-state index contributed by atoms with van der Waals surface area (Å²) in [7, 11) is 0. The lowest BCUT2D eigenvalue weighted by molar-refractivity contribution is 0.557. The van der Waals surface area contributed by atoms with Crippen LogP contribution in [0, 0.1) is 18.3 Å². The summed E-state index contributed by atoms with van der Waals surface area (Å²) < 4.78 is 6.36. The van der Waals surface area contributed by atoms with Crippen LogP contribution >= 0.6 is 0 Å². The Hall–Kier alpha value is -6.69. The summed E-state index contributed by atoms with van der Waals surface area (Å²) in [5.74, 6) is 1.66. The van der Waals surface area contributed by atoms with Gasteiger partial charge < -0.3 is 4.42 Å². The molecule has 2 nitrogen and oxygen atoms in total. The number of nitriles is 1. The van der Waals surface area contributed by atoms with Crippen molar-refractivity contribution in [3.63, 3.8) is 0 Å². The molecule has 0 N–H and O–H groups in total. The van der Waals surface area contributed by atoms with Gasteiger partial charge in [0, 0.05) is 22.9 Å². The Kier molecular flexibility index (Phi) is 8.85. The van der Waals surface area contributed by atoms with Crippen LogP contribution in [0.25, 0.3) is 83.8 Å². The quantitative estimate of drug-likeness (QED) is 0.150. The molecule has 0 bridgehead atoms. The van der Waals surface area contributed by atoms with Crippen LogP contribution in [-0.4, -0.2) is 0 Å². The Morgan fingerprint density at radius 3 is 1.84 bits per heavy atom. The molecule has 0 radical (unpaired) electrons. The van der Waals surface area contributed by atoms with Gasteiger partial charge in [-0.1, -0.05) is 147 Å². The maximum absolute atomic E-state index is 10.0. The predicted molar refractivity (Wildman–Crippen MR) is 230 cm³/mol. The number of benzene rings is 7. The van der Waals surface area contributed by atoms with Crippen molar-refractivity contribution in [3.8, 4) is 72.8 Å². The molecule has 8 aromatic rings. The van der Waals surface area contributed by atoms with Crippen molar-refractivity contribution in [3.05, 3.63) is 186 Å². The molecule has 0 saturated heterocycles. The average Bonchev–Trinajstić information content (AvgIpc) is 4.03. The van der Waals surface area contributed by atoms with E-state index in [1.165, 1.54) is 46.2 Å². The summed E-state index contributed by atoms with van der Waals surface area (Å²) in [4.78, 5) is 0. The highest BCUT2D eigenvalue weighted by atomic mass is 16.3. The van der Waals surface area contributed by atoms with E-state index in [1.54, 1.807) is 0 Å². The number of hydrogen-bond acceptors (Lipinski definition) is 2. The van der Waals surface area contributed by atoms with Gasteiger partial charge in [-0.05, 0) is 122 Å². The number of furan rings is 1. The molecule has 1 aromatic heterocycles. The molecule has 264 valence electrons. The third-order valence-electron chi connectivity index (χ3n) is 11.3.